The molecular formula is C16H25NO3. The van der Waals surface area contributed by atoms with Gasteiger partial charge in [0.25, 0.3) is 0 Å². The first kappa shape index (κ1) is 16.3. The zero-order chi connectivity index (χ0) is 15.2. The van der Waals surface area contributed by atoms with Gasteiger partial charge < -0.3 is 14.8 Å². The molecule has 0 radical (unpaired) electrons. The van der Waals surface area contributed by atoms with Crippen LogP contribution >= 0.6 is 0 Å². The molecule has 0 unspecified atom stereocenters. The fourth-order valence-electron chi connectivity index (χ4n) is 1.93. The van der Waals surface area contributed by atoms with Crippen molar-refractivity contribution in [2.75, 3.05) is 20.8 Å². The van der Waals surface area contributed by atoms with Crippen LogP contribution in [0.15, 0.2) is 18.2 Å². The van der Waals surface area contributed by atoms with Crippen LogP contribution < -0.4 is 14.8 Å². The number of carbonyl (C=O) groups excluding carboxylic acids is 1. The molecule has 0 heterocycles. The van der Waals surface area contributed by atoms with E-state index < -0.39 is 0 Å². The van der Waals surface area contributed by atoms with Crippen molar-refractivity contribution in [1.82, 2.24) is 5.32 Å². The average molecular weight is 279 g/mol. The summed E-state index contributed by atoms with van der Waals surface area (Å²) >= 11 is 0. The molecule has 0 aliphatic carbocycles. The second-order valence-corrected chi connectivity index (χ2v) is 6.03. The molecule has 1 aromatic rings. The Balaban J connectivity index is 2.48. The van der Waals surface area contributed by atoms with Crippen molar-refractivity contribution in [3.8, 4) is 11.5 Å². The van der Waals surface area contributed by atoms with Gasteiger partial charge in [0, 0.05) is 13.0 Å². The molecule has 4 nitrogen and oxygen atoms in total. The topological polar surface area (TPSA) is 47.6 Å². The molecule has 0 aliphatic heterocycles. The van der Waals surface area contributed by atoms with Crippen LogP contribution in [0.2, 0.25) is 0 Å². The number of ether oxygens (including phenoxy) is 2. The van der Waals surface area contributed by atoms with Crippen LogP contribution in [0.5, 0.6) is 11.5 Å². The van der Waals surface area contributed by atoms with E-state index in [1.54, 1.807) is 14.2 Å². The van der Waals surface area contributed by atoms with Gasteiger partial charge in [0.15, 0.2) is 11.5 Å². The van der Waals surface area contributed by atoms with Gasteiger partial charge in [-0.2, -0.15) is 0 Å². The maximum Gasteiger partial charge on any atom is 0.220 e. The van der Waals surface area contributed by atoms with Crippen molar-refractivity contribution in [1.29, 1.82) is 0 Å². The Morgan fingerprint density at radius 1 is 1.15 bits per heavy atom. The van der Waals surface area contributed by atoms with E-state index in [1.807, 2.05) is 18.2 Å². The van der Waals surface area contributed by atoms with E-state index in [0.29, 0.717) is 24.5 Å². The van der Waals surface area contributed by atoms with Gasteiger partial charge in [-0.05, 0) is 29.5 Å². The van der Waals surface area contributed by atoms with Gasteiger partial charge in [-0.15, -0.1) is 0 Å². The van der Waals surface area contributed by atoms with E-state index in [0.717, 1.165) is 12.0 Å². The number of nitrogens with one attached hydrogen (secondary N) is 1. The molecule has 1 N–H and O–H groups in total. The minimum absolute atomic E-state index is 0.0212. The van der Waals surface area contributed by atoms with Crippen molar-refractivity contribution in [2.45, 2.75) is 33.6 Å². The van der Waals surface area contributed by atoms with Gasteiger partial charge in [0.1, 0.15) is 0 Å². The Morgan fingerprint density at radius 3 is 2.35 bits per heavy atom. The summed E-state index contributed by atoms with van der Waals surface area (Å²) in [6, 6.07) is 5.80. The number of rotatable bonds is 6. The third-order valence-electron chi connectivity index (χ3n) is 2.87. The van der Waals surface area contributed by atoms with E-state index in [2.05, 4.69) is 26.1 Å². The first-order valence-corrected chi connectivity index (χ1v) is 6.83. The molecule has 0 saturated carbocycles. The van der Waals surface area contributed by atoms with Gasteiger partial charge in [-0.1, -0.05) is 26.8 Å². The first-order chi connectivity index (χ1) is 9.35. The number of amides is 1. The number of hydrogen-bond acceptors (Lipinski definition) is 3. The van der Waals surface area contributed by atoms with Crippen LogP contribution in [0.1, 0.15) is 32.8 Å². The Labute approximate surface area is 121 Å². The maximum absolute atomic E-state index is 11.7. The summed E-state index contributed by atoms with van der Waals surface area (Å²) in [4.78, 5) is 11.7. The van der Waals surface area contributed by atoms with E-state index in [9.17, 15) is 4.79 Å². The number of carbonyl (C=O) groups is 1. The lowest BCUT2D eigenvalue weighted by Gasteiger charge is -2.17. The molecule has 0 aromatic heterocycles. The molecule has 4 heteroatoms. The van der Waals surface area contributed by atoms with Crippen LogP contribution in [0.3, 0.4) is 0 Å². The molecule has 0 saturated heterocycles. The van der Waals surface area contributed by atoms with Gasteiger partial charge in [0.05, 0.1) is 14.2 Å². The van der Waals surface area contributed by atoms with Crippen LogP contribution in [0.4, 0.5) is 0 Å². The SMILES string of the molecule is COc1ccc(CCNC(=O)CC(C)(C)C)cc1OC. The van der Waals surface area contributed by atoms with Crippen molar-refractivity contribution in [3.05, 3.63) is 23.8 Å². The Bertz CT molecular complexity index is 450. The first-order valence-electron chi connectivity index (χ1n) is 6.83. The number of hydrogen-bond donors (Lipinski definition) is 1. The monoisotopic (exact) mass is 279 g/mol. The summed E-state index contributed by atoms with van der Waals surface area (Å²) in [5, 5.41) is 2.94. The smallest absolute Gasteiger partial charge is 0.220 e. The lowest BCUT2D eigenvalue weighted by Crippen LogP contribution is -2.29. The van der Waals surface area contributed by atoms with Crippen molar-refractivity contribution >= 4 is 5.91 Å². The second kappa shape index (κ2) is 7.17. The van der Waals surface area contributed by atoms with Crippen LogP contribution in [-0.2, 0) is 11.2 Å². The maximum atomic E-state index is 11.7. The highest BCUT2D eigenvalue weighted by atomic mass is 16.5. The number of benzene rings is 1. The Morgan fingerprint density at radius 2 is 1.80 bits per heavy atom. The van der Waals surface area contributed by atoms with E-state index in [4.69, 9.17) is 9.47 Å². The van der Waals surface area contributed by atoms with Gasteiger partial charge in [-0.3, -0.25) is 4.79 Å². The molecule has 1 aromatic carbocycles. The summed E-state index contributed by atoms with van der Waals surface area (Å²) in [7, 11) is 3.23. The molecule has 0 spiro atoms. The summed E-state index contributed by atoms with van der Waals surface area (Å²) in [6.07, 6.45) is 1.31. The summed E-state index contributed by atoms with van der Waals surface area (Å²) in [5.41, 5.74) is 1.13. The highest BCUT2D eigenvalue weighted by Gasteiger charge is 2.15. The lowest BCUT2D eigenvalue weighted by molar-refractivity contribution is -0.122. The zero-order valence-corrected chi connectivity index (χ0v) is 13.1. The number of methoxy groups -OCH3 is 2. The summed E-state index contributed by atoms with van der Waals surface area (Å²) < 4.78 is 10.5. The molecule has 20 heavy (non-hydrogen) atoms. The summed E-state index contributed by atoms with van der Waals surface area (Å²) in [6.45, 7) is 6.80. The third kappa shape index (κ3) is 5.51. The molecule has 112 valence electrons. The highest BCUT2D eigenvalue weighted by molar-refractivity contribution is 5.76. The zero-order valence-electron chi connectivity index (χ0n) is 13.1. The fourth-order valence-corrected chi connectivity index (χ4v) is 1.93. The third-order valence-corrected chi connectivity index (χ3v) is 2.87. The molecule has 0 fully saturated rings. The molecule has 0 bridgehead atoms. The normalized spacial score (nSPS) is 11.1. The van der Waals surface area contributed by atoms with Crippen LogP contribution in [0, 0.1) is 5.41 Å². The quantitative estimate of drug-likeness (QED) is 0.871. The molecule has 1 amide bonds. The predicted octanol–water partition coefficient (Wildman–Crippen LogP) is 2.80. The second-order valence-electron chi connectivity index (χ2n) is 6.03. The minimum atomic E-state index is 0.0212. The average Bonchev–Trinajstić information content (AvgIpc) is 2.36. The fraction of sp³-hybridized carbons (Fsp3) is 0.562. The van der Waals surface area contributed by atoms with Crippen molar-refractivity contribution in [2.24, 2.45) is 5.41 Å². The van der Waals surface area contributed by atoms with E-state index in [-0.39, 0.29) is 11.3 Å². The minimum Gasteiger partial charge on any atom is -0.493 e. The molecule has 1 rings (SSSR count). The Hall–Kier alpha value is -1.71. The van der Waals surface area contributed by atoms with E-state index in [1.165, 1.54) is 0 Å². The standard InChI is InChI=1S/C16H25NO3/c1-16(2,3)11-15(18)17-9-8-12-6-7-13(19-4)14(10-12)20-5/h6-7,10H,8-9,11H2,1-5H3,(H,17,18). The van der Waals surface area contributed by atoms with Crippen LogP contribution in [-0.4, -0.2) is 26.7 Å². The molecule has 0 aliphatic rings. The van der Waals surface area contributed by atoms with Gasteiger partial charge >= 0.3 is 0 Å². The predicted molar refractivity (Wildman–Crippen MR) is 80.3 cm³/mol. The largest absolute Gasteiger partial charge is 0.493 e. The molecule has 0 atom stereocenters. The van der Waals surface area contributed by atoms with Crippen molar-refractivity contribution < 1.29 is 14.3 Å². The van der Waals surface area contributed by atoms with Gasteiger partial charge in [0.2, 0.25) is 5.91 Å². The van der Waals surface area contributed by atoms with Crippen LogP contribution in [0.25, 0.3) is 0 Å². The van der Waals surface area contributed by atoms with Crippen molar-refractivity contribution in [3.63, 3.8) is 0 Å². The highest BCUT2D eigenvalue weighted by Crippen LogP contribution is 2.27. The lowest BCUT2D eigenvalue weighted by atomic mass is 9.92. The molecular weight excluding hydrogens is 254 g/mol. The van der Waals surface area contributed by atoms with E-state index >= 15 is 0 Å². The summed E-state index contributed by atoms with van der Waals surface area (Å²) in [5.74, 6) is 1.53. The Kier molecular flexibility index (Phi) is 5.86. The van der Waals surface area contributed by atoms with Gasteiger partial charge in [-0.25, -0.2) is 0 Å².